The molecule has 0 radical (unpaired) electrons. The summed E-state index contributed by atoms with van der Waals surface area (Å²) in [6.45, 7) is 3.81. The van der Waals surface area contributed by atoms with Gasteiger partial charge in [0.25, 0.3) is 11.8 Å². The van der Waals surface area contributed by atoms with Crippen LogP contribution in [0, 0.1) is 5.41 Å². The van der Waals surface area contributed by atoms with Gasteiger partial charge in [-0.1, -0.05) is 29.8 Å². The van der Waals surface area contributed by atoms with E-state index in [4.69, 9.17) is 16.3 Å². The molecule has 4 aromatic rings. The Hall–Kier alpha value is -6.31. The number of sulfonamides is 1. The minimum absolute atomic E-state index is 0.0152. The van der Waals surface area contributed by atoms with Crippen LogP contribution in [0.2, 0.25) is 5.02 Å². The number of likely N-dealkylation sites (tertiary alicyclic amines) is 1. The second kappa shape index (κ2) is 15.7. The van der Waals surface area contributed by atoms with Gasteiger partial charge < -0.3 is 30.5 Å². The third kappa shape index (κ3) is 7.78. The SMILES string of the molecule is COc1cc(N2CC3(CN(CCC(=O)Nc4cccc5c4C(=O)N(C4CCC(=O)NC4=O)C5=O)C3)C2)ccc1Nc1ncc(Cl)c(Nc2ccccc2N(C)S(C)(=O)=O)n1. The monoisotopic (exact) mass is 856 g/mol. The van der Waals surface area contributed by atoms with Gasteiger partial charge in [0, 0.05) is 69.8 Å². The number of hydrogen-bond donors (Lipinski definition) is 4. The number of rotatable bonds is 13. The Balaban J connectivity index is 0.833. The van der Waals surface area contributed by atoms with Gasteiger partial charge in [-0.15, -0.1) is 0 Å². The maximum atomic E-state index is 13.4. The third-order valence-electron chi connectivity index (χ3n) is 11.1. The zero-order chi connectivity index (χ0) is 42.5. The first-order chi connectivity index (χ1) is 28.6. The Bertz CT molecular complexity index is 2560. The lowest BCUT2D eigenvalue weighted by atomic mass is 9.72. The van der Waals surface area contributed by atoms with Crippen molar-refractivity contribution in [2.75, 3.05) is 78.3 Å². The Kier molecular flexibility index (Phi) is 10.6. The number of nitrogens with one attached hydrogen (secondary N) is 4. The molecule has 4 aliphatic heterocycles. The topological polar surface area (TPSA) is 216 Å². The molecule has 312 valence electrons. The summed E-state index contributed by atoms with van der Waals surface area (Å²) >= 11 is 6.44. The average Bonchev–Trinajstić information content (AvgIpc) is 3.44. The van der Waals surface area contributed by atoms with Gasteiger partial charge in [-0.2, -0.15) is 4.98 Å². The minimum atomic E-state index is -3.52. The molecule has 3 fully saturated rings. The lowest BCUT2D eigenvalue weighted by Crippen LogP contribution is -2.72. The number of imide groups is 2. The number of methoxy groups -OCH3 is 1. The number of piperidine rings is 1. The van der Waals surface area contributed by atoms with Crippen LogP contribution in [0.1, 0.15) is 40.0 Å². The largest absolute Gasteiger partial charge is 0.494 e. The average molecular weight is 857 g/mol. The van der Waals surface area contributed by atoms with Gasteiger partial charge in [0.1, 0.15) is 16.8 Å². The lowest BCUT2D eigenvalue weighted by molar-refractivity contribution is -0.136. The Morgan fingerprint density at radius 1 is 0.983 bits per heavy atom. The number of nitrogens with zero attached hydrogens (tertiary/aromatic N) is 6. The quantitative estimate of drug-likeness (QED) is 0.142. The fraction of sp³-hybridized carbons (Fsp3) is 0.325. The zero-order valence-electron chi connectivity index (χ0n) is 32.8. The van der Waals surface area contributed by atoms with Crippen LogP contribution in [0.25, 0.3) is 0 Å². The van der Waals surface area contributed by atoms with Gasteiger partial charge >= 0.3 is 0 Å². The number of fused-ring (bicyclic) bond motifs is 1. The van der Waals surface area contributed by atoms with Crippen LogP contribution in [0.15, 0.2) is 66.9 Å². The van der Waals surface area contributed by atoms with E-state index >= 15 is 0 Å². The van der Waals surface area contributed by atoms with Crippen molar-refractivity contribution < 1.29 is 37.1 Å². The molecule has 4 N–H and O–H groups in total. The van der Waals surface area contributed by atoms with E-state index < -0.39 is 39.7 Å². The molecule has 4 aliphatic rings. The molecule has 0 aliphatic carbocycles. The summed E-state index contributed by atoms with van der Waals surface area (Å²) in [5, 5.41) is 11.5. The first-order valence-electron chi connectivity index (χ1n) is 19.0. The second-order valence-electron chi connectivity index (χ2n) is 15.3. The van der Waals surface area contributed by atoms with Gasteiger partial charge in [-0.25, -0.2) is 13.4 Å². The number of anilines is 7. The number of ether oxygens (including phenoxy) is 1. The Morgan fingerprint density at radius 3 is 2.47 bits per heavy atom. The van der Waals surface area contributed by atoms with E-state index in [-0.39, 0.29) is 64.2 Å². The first-order valence-corrected chi connectivity index (χ1v) is 21.2. The number of aromatic nitrogens is 2. The number of amides is 5. The van der Waals surface area contributed by atoms with Gasteiger partial charge in [-0.3, -0.25) is 38.5 Å². The van der Waals surface area contributed by atoms with Crippen LogP contribution in [0.5, 0.6) is 5.75 Å². The van der Waals surface area contributed by atoms with Crippen molar-refractivity contribution >= 4 is 91.4 Å². The number of carbonyl (C=O) groups is 5. The van der Waals surface area contributed by atoms with Gasteiger partial charge in [0.2, 0.25) is 33.7 Å². The molecule has 0 saturated carbocycles. The smallest absolute Gasteiger partial charge is 0.264 e. The van der Waals surface area contributed by atoms with E-state index in [2.05, 4.69) is 41.0 Å². The molecular formula is C40H41ClN10O8S. The number of benzene rings is 3. The summed E-state index contributed by atoms with van der Waals surface area (Å²) in [6, 6.07) is 16.2. The Labute approximate surface area is 350 Å². The molecule has 3 aromatic carbocycles. The van der Waals surface area contributed by atoms with Crippen LogP contribution in [0.4, 0.5) is 40.2 Å². The highest BCUT2D eigenvalue weighted by atomic mass is 35.5. The number of halogens is 1. The van der Waals surface area contributed by atoms with E-state index in [1.54, 1.807) is 43.5 Å². The van der Waals surface area contributed by atoms with Crippen molar-refractivity contribution in [1.82, 2.24) is 25.1 Å². The van der Waals surface area contributed by atoms with Crippen LogP contribution in [-0.4, -0.2) is 117 Å². The zero-order valence-corrected chi connectivity index (χ0v) is 34.4. The first kappa shape index (κ1) is 40.5. The number of hydrogen-bond acceptors (Lipinski definition) is 14. The van der Waals surface area contributed by atoms with Crippen molar-refractivity contribution in [1.29, 1.82) is 0 Å². The van der Waals surface area contributed by atoms with E-state index in [0.717, 1.165) is 47.3 Å². The maximum Gasteiger partial charge on any atom is 0.264 e. The lowest BCUT2D eigenvalue weighted by Gasteiger charge is -2.61. The van der Waals surface area contributed by atoms with Crippen LogP contribution < -0.4 is 35.2 Å². The molecule has 8 rings (SSSR count). The molecule has 5 heterocycles. The molecule has 60 heavy (non-hydrogen) atoms. The van der Waals surface area contributed by atoms with Gasteiger partial charge in [0.15, 0.2) is 5.82 Å². The molecule has 1 aromatic heterocycles. The van der Waals surface area contributed by atoms with Crippen molar-refractivity contribution in [2.45, 2.75) is 25.3 Å². The molecular weight excluding hydrogens is 816 g/mol. The highest BCUT2D eigenvalue weighted by Gasteiger charge is 2.51. The standard InChI is InChI=1S/C40H41ClN10O8S/c1-48(60(3,57)58)29-10-5-4-8-26(29)44-35-25(41)18-42-39(47-35)45-27-12-11-23(17-31(27)59-2)50-21-40(22-50)19-49(20-40)16-15-33(53)43-28-9-6-7-24-34(28)38(56)51(37(24)55)30-13-14-32(52)46-36(30)54/h4-12,17-18,30H,13-16,19-22H2,1-3H3,(H,43,53)(H,46,52,54)(H2,42,44,45,47). The summed E-state index contributed by atoms with van der Waals surface area (Å²) in [6.07, 6.45) is 2.80. The van der Waals surface area contributed by atoms with Gasteiger partial charge in [-0.05, 0) is 42.8 Å². The van der Waals surface area contributed by atoms with E-state index in [1.807, 2.05) is 18.2 Å². The van der Waals surface area contributed by atoms with Crippen LogP contribution >= 0.6 is 11.6 Å². The molecule has 5 amide bonds. The van der Waals surface area contributed by atoms with Crippen molar-refractivity contribution in [3.05, 3.63) is 83.0 Å². The normalized spacial score (nSPS) is 18.4. The molecule has 3 saturated heterocycles. The summed E-state index contributed by atoms with van der Waals surface area (Å²) in [5.41, 5.74) is 2.95. The highest BCUT2D eigenvalue weighted by Crippen LogP contribution is 2.44. The van der Waals surface area contributed by atoms with Crippen LogP contribution in [-0.2, 0) is 24.4 Å². The van der Waals surface area contributed by atoms with Gasteiger partial charge in [0.05, 0.1) is 53.4 Å². The van der Waals surface area contributed by atoms with Crippen molar-refractivity contribution in [3.63, 3.8) is 0 Å². The van der Waals surface area contributed by atoms with Crippen molar-refractivity contribution in [3.8, 4) is 5.75 Å². The summed E-state index contributed by atoms with van der Waals surface area (Å²) in [4.78, 5) is 77.9. The summed E-state index contributed by atoms with van der Waals surface area (Å²) in [7, 11) is -0.486. The van der Waals surface area contributed by atoms with Crippen LogP contribution in [0.3, 0.4) is 0 Å². The minimum Gasteiger partial charge on any atom is -0.494 e. The molecule has 20 heteroatoms. The fourth-order valence-electron chi connectivity index (χ4n) is 8.07. The molecule has 0 bridgehead atoms. The predicted molar refractivity (Wildman–Crippen MR) is 224 cm³/mol. The van der Waals surface area contributed by atoms with Crippen molar-refractivity contribution in [2.24, 2.45) is 5.41 Å². The number of para-hydroxylation sites is 2. The van der Waals surface area contributed by atoms with E-state index in [1.165, 1.54) is 19.3 Å². The second-order valence-corrected chi connectivity index (χ2v) is 17.7. The predicted octanol–water partition coefficient (Wildman–Crippen LogP) is 3.57. The highest BCUT2D eigenvalue weighted by molar-refractivity contribution is 7.92. The molecule has 1 spiro atoms. The van der Waals surface area contributed by atoms with E-state index in [0.29, 0.717) is 29.4 Å². The summed E-state index contributed by atoms with van der Waals surface area (Å²) < 4.78 is 31.4. The Morgan fingerprint density at radius 2 is 1.73 bits per heavy atom. The fourth-order valence-corrected chi connectivity index (χ4v) is 8.73. The number of carbonyl (C=O) groups excluding carboxylic acids is 5. The summed E-state index contributed by atoms with van der Waals surface area (Å²) in [5.74, 6) is -1.69. The molecule has 18 nitrogen and oxygen atoms in total. The molecule has 1 atom stereocenters. The maximum absolute atomic E-state index is 13.4. The molecule has 1 unspecified atom stereocenters. The van der Waals surface area contributed by atoms with E-state index in [9.17, 15) is 32.4 Å². The third-order valence-corrected chi connectivity index (χ3v) is 12.6.